The number of rotatable bonds is 9. The molecular weight excluding hydrogens is 500 g/mol. The predicted molar refractivity (Wildman–Crippen MR) is 147 cm³/mol. The fraction of sp³-hybridized carbons (Fsp3) is 0.321. The molecule has 196 valence electrons. The van der Waals surface area contributed by atoms with Crippen molar-refractivity contribution in [2.75, 3.05) is 11.9 Å². The van der Waals surface area contributed by atoms with Crippen LogP contribution >= 0.6 is 11.3 Å². The van der Waals surface area contributed by atoms with Crippen LogP contribution in [0.1, 0.15) is 59.0 Å². The van der Waals surface area contributed by atoms with Crippen molar-refractivity contribution < 1.29 is 14.7 Å². The number of aromatic nitrogens is 4. The third-order valence-corrected chi connectivity index (χ3v) is 8.05. The minimum atomic E-state index is -0.975. The van der Waals surface area contributed by atoms with E-state index in [-0.39, 0.29) is 11.6 Å². The Morgan fingerprint density at radius 2 is 1.84 bits per heavy atom. The molecule has 0 aliphatic heterocycles. The molecular formula is C28H30N6O3S. The predicted octanol–water partition coefficient (Wildman–Crippen LogP) is 6.01. The number of carboxylic acid groups (broad SMARTS) is 1. The Bertz CT molecular complexity index is 1420. The van der Waals surface area contributed by atoms with E-state index in [9.17, 15) is 14.7 Å². The molecule has 0 spiro atoms. The largest absolute Gasteiger partial charge is 0.478 e. The summed E-state index contributed by atoms with van der Waals surface area (Å²) in [7, 11) is 0. The number of aryl methyl sites for hydroxylation is 1. The summed E-state index contributed by atoms with van der Waals surface area (Å²) in [5.41, 5.74) is 5.06. The lowest BCUT2D eigenvalue weighted by Gasteiger charge is -2.23. The Labute approximate surface area is 224 Å². The van der Waals surface area contributed by atoms with E-state index >= 15 is 0 Å². The Balaban J connectivity index is 1.35. The van der Waals surface area contributed by atoms with E-state index < -0.39 is 5.97 Å². The van der Waals surface area contributed by atoms with Gasteiger partial charge < -0.3 is 10.0 Å². The Hall–Kier alpha value is -4.05. The Morgan fingerprint density at radius 1 is 1.08 bits per heavy atom. The summed E-state index contributed by atoms with van der Waals surface area (Å²) in [6.07, 6.45) is 5.47. The van der Waals surface area contributed by atoms with Gasteiger partial charge in [-0.3, -0.25) is 5.32 Å². The van der Waals surface area contributed by atoms with Gasteiger partial charge in [-0.15, -0.1) is 16.4 Å². The third-order valence-electron chi connectivity index (χ3n) is 6.84. The Kier molecular flexibility index (Phi) is 7.78. The van der Waals surface area contributed by atoms with Crippen LogP contribution in [0.15, 0.2) is 48.5 Å². The van der Waals surface area contributed by atoms with Crippen LogP contribution in [0.5, 0.6) is 0 Å². The molecule has 38 heavy (non-hydrogen) atoms. The maximum absolute atomic E-state index is 13.4. The lowest BCUT2D eigenvalue weighted by molar-refractivity contribution is 0.0697. The average molecular weight is 531 g/mol. The molecule has 0 atom stereocenters. The summed E-state index contributed by atoms with van der Waals surface area (Å²) in [5, 5.41) is 27.5. The van der Waals surface area contributed by atoms with E-state index in [0.717, 1.165) is 71.2 Å². The van der Waals surface area contributed by atoms with Crippen LogP contribution < -0.4 is 5.32 Å². The lowest BCUT2D eigenvalue weighted by Crippen LogP contribution is -2.35. The molecule has 0 unspecified atom stereocenters. The number of H-pyrrole nitrogens is 1. The summed E-state index contributed by atoms with van der Waals surface area (Å²) in [4.78, 5) is 28.3. The number of aromatic amines is 1. The van der Waals surface area contributed by atoms with Gasteiger partial charge in [0.15, 0.2) is 5.82 Å². The number of hydrogen-bond donors (Lipinski definition) is 3. The second-order valence-electron chi connectivity index (χ2n) is 9.42. The second kappa shape index (κ2) is 11.6. The zero-order valence-corrected chi connectivity index (χ0v) is 22.1. The smallest absolute Gasteiger partial charge is 0.339 e. The van der Waals surface area contributed by atoms with Crippen molar-refractivity contribution in [2.45, 2.75) is 52.0 Å². The number of nitrogens with one attached hydrogen (secondary N) is 2. The van der Waals surface area contributed by atoms with Gasteiger partial charge in [0.25, 0.3) is 0 Å². The van der Waals surface area contributed by atoms with Crippen molar-refractivity contribution in [1.29, 1.82) is 0 Å². The highest BCUT2D eigenvalue weighted by Gasteiger charge is 2.27. The minimum Gasteiger partial charge on any atom is -0.478 e. The number of anilines is 1. The van der Waals surface area contributed by atoms with Gasteiger partial charge >= 0.3 is 12.0 Å². The zero-order chi connectivity index (χ0) is 26.5. The number of nitrogens with zero attached hydrogens (tertiary/aromatic N) is 4. The maximum Gasteiger partial charge on any atom is 0.339 e. The van der Waals surface area contributed by atoms with Crippen LogP contribution in [-0.2, 0) is 19.4 Å². The van der Waals surface area contributed by atoms with Crippen LogP contribution in [0.25, 0.3) is 22.5 Å². The number of thiophene rings is 1. The monoisotopic (exact) mass is 530 g/mol. The third kappa shape index (κ3) is 5.45. The van der Waals surface area contributed by atoms with Crippen molar-refractivity contribution in [1.82, 2.24) is 25.5 Å². The number of carboxylic acids is 1. The van der Waals surface area contributed by atoms with Gasteiger partial charge in [0.05, 0.1) is 5.56 Å². The molecule has 0 fully saturated rings. The molecule has 1 aliphatic rings. The van der Waals surface area contributed by atoms with Gasteiger partial charge in [0, 0.05) is 23.5 Å². The van der Waals surface area contributed by atoms with Crippen molar-refractivity contribution in [2.24, 2.45) is 0 Å². The van der Waals surface area contributed by atoms with E-state index in [1.54, 1.807) is 4.90 Å². The number of carbonyl (C=O) groups is 2. The quantitative estimate of drug-likeness (QED) is 0.244. The SMILES string of the molecule is CCCCN(Cc1ccc(-c2ccccc2-c2nnn[nH]2)cc1)C(=O)Nc1sc2c(c1C(=O)O)CCCC2. The fourth-order valence-electron chi connectivity index (χ4n) is 4.88. The lowest BCUT2D eigenvalue weighted by atomic mass is 9.95. The summed E-state index contributed by atoms with van der Waals surface area (Å²) in [6.45, 7) is 3.09. The van der Waals surface area contributed by atoms with E-state index in [1.807, 2.05) is 48.5 Å². The van der Waals surface area contributed by atoms with Gasteiger partial charge in [-0.1, -0.05) is 61.9 Å². The number of tetrazole rings is 1. The number of unbranched alkanes of at least 4 members (excludes halogenated alkanes) is 1. The normalized spacial score (nSPS) is 12.7. The van der Waals surface area contributed by atoms with Gasteiger partial charge in [0.2, 0.25) is 0 Å². The molecule has 10 heteroatoms. The van der Waals surface area contributed by atoms with Crippen molar-refractivity contribution >= 4 is 28.3 Å². The van der Waals surface area contributed by atoms with Crippen LogP contribution in [0, 0.1) is 0 Å². The highest BCUT2D eigenvalue weighted by atomic mass is 32.1. The number of fused-ring (bicyclic) bond motifs is 1. The molecule has 0 saturated heterocycles. The second-order valence-corrected chi connectivity index (χ2v) is 10.5. The van der Waals surface area contributed by atoms with E-state index in [0.29, 0.717) is 23.9 Å². The molecule has 0 radical (unpaired) electrons. The molecule has 4 aromatic rings. The van der Waals surface area contributed by atoms with Crippen LogP contribution in [0.3, 0.4) is 0 Å². The molecule has 2 aromatic heterocycles. The molecule has 1 aliphatic carbocycles. The van der Waals surface area contributed by atoms with Crippen LogP contribution in [0.4, 0.5) is 9.80 Å². The number of hydrogen-bond acceptors (Lipinski definition) is 6. The number of carbonyl (C=O) groups excluding carboxylic acids is 1. The summed E-state index contributed by atoms with van der Waals surface area (Å²) in [6, 6.07) is 15.7. The highest BCUT2D eigenvalue weighted by molar-refractivity contribution is 7.17. The fourth-order valence-corrected chi connectivity index (χ4v) is 6.15. The molecule has 0 bridgehead atoms. The molecule has 5 rings (SSSR count). The zero-order valence-electron chi connectivity index (χ0n) is 21.2. The van der Waals surface area contributed by atoms with Crippen LogP contribution in [0.2, 0.25) is 0 Å². The standard InChI is InChI=1S/C28H30N6O3S/c1-2-3-16-34(28(37)29-26-24(27(35)36)22-10-6-7-11-23(22)38-26)17-18-12-14-19(15-13-18)20-8-4-5-9-21(20)25-30-32-33-31-25/h4-5,8-9,12-15H,2-3,6-7,10-11,16-17H2,1H3,(H,29,37)(H,35,36)(H,30,31,32,33). The van der Waals surface area contributed by atoms with Gasteiger partial charge in [-0.2, -0.15) is 0 Å². The summed E-state index contributed by atoms with van der Waals surface area (Å²) >= 11 is 1.41. The maximum atomic E-state index is 13.4. The summed E-state index contributed by atoms with van der Waals surface area (Å²) < 4.78 is 0. The molecule has 2 amide bonds. The first-order valence-electron chi connectivity index (χ1n) is 12.9. The number of benzene rings is 2. The van der Waals surface area contributed by atoms with Crippen molar-refractivity contribution in [3.8, 4) is 22.5 Å². The number of aromatic carboxylic acids is 1. The highest BCUT2D eigenvalue weighted by Crippen LogP contribution is 2.38. The Morgan fingerprint density at radius 3 is 2.55 bits per heavy atom. The van der Waals surface area contributed by atoms with Gasteiger partial charge in [0.1, 0.15) is 5.00 Å². The molecule has 3 N–H and O–H groups in total. The van der Waals surface area contributed by atoms with Crippen molar-refractivity contribution in [3.05, 3.63) is 70.1 Å². The average Bonchev–Trinajstić information content (AvgIpc) is 3.59. The first-order chi connectivity index (χ1) is 18.5. The topological polar surface area (TPSA) is 124 Å². The van der Waals surface area contributed by atoms with Gasteiger partial charge in [-0.25, -0.2) is 14.7 Å². The number of urea groups is 1. The first kappa shape index (κ1) is 25.6. The molecule has 2 heterocycles. The summed E-state index contributed by atoms with van der Waals surface area (Å²) in [5.74, 6) is -0.375. The molecule has 9 nitrogen and oxygen atoms in total. The number of amides is 2. The van der Waals surface area contributed by atoms with E-state index in [4.69, 9.17) is 0 Å². The molecule has 0 saturated carbocycles. The van der Waals surface area contributed by atoms with Crippen LogP contribution in [-0.4, -0.2) is 49.2 Å². The van der Waals surface area contributed by atoms with E-state index in [2.05, 4.69) is 32.9 Å². The first-order valence-corrected chi connectivity index (χ1v) is 13.7. The minimum absolute atomic E-state index is 0.262. The molecule has 2 aromatic carbocycles. The van der Waals surface area contributed by atoms with Gasteiger partial charge in [-0.05, 0) is 64.8 Å². The van der Waals surface area contributed by atoms with E-state index in [1.165, 1.54) is 11.3 Å². The van der Waals surface area contributed by atoms with Crippen molar-refractivity contribution in [3.63, 3.8) is 0 Å².